The second-order valence-corrected chi connectivity index (χ2v) is 6.05. The number of methoxy groups -OCH3 is 1. The number of ether oxygens (including phenoxy) is 2. The van der Waals surface area contributed by atoms with Gasteiger partial charge in [-0.05, 0) is 43.2 Å². The number of rotatable bonds is 8. The van der Waals surface area contributed by atoms with Crippen molar-refractivity contribution >= 4 is 23.5 Å². The van der Waals surface area contributed by atoms with E-state index in [9.17, 15) is 14.4 Å². The van der Waals surface area contributed by atoms with Gasteiger partial charge in [-0.1, -0.05) is 31.2 Å². The summed E-state index contributed by atoms with van der Waals surface area (Å²) >= 11 is 0. The van der Waals surface area contributed by atoms with Gasteiger partial charge in [-0.15, -0.1) is 0 Å². The zero-order valence-electron chi connectivity index (χ0n) is 16.2. The van der Waals surface area contributed by atoms with Crippen LogP contribution in [0.5, 0.6) is 5.75 Å². The van der Waals surface area contributed by atoms with Crippen molar-refractivity contribution in [3.05, 3.63) is 59.7 Å². The number of carbonyl (C=O) groups excluding carboxylic acids is 3. The van der Waals surface area contributed by atoms with E-state index in [4.69, 9.17) is 9.47 Å². The van der Waals surface area contributed by atoms with Gasteiger partial charge in [-0.2, -0.15) is 0 Å². The van der Waals surface area contributed by atoms with Gasteiger partial charge in [0.05, 0.1) is 12.7 Å². The molecule has 2 N–H and O–H groups in total. The van der Waals surface area contributed by atoms with Crippen LogP contribution >= 0.6 is 0 Å². The first-order valence-electron chi connectivity index (χ1n) is 8.95. The highest BCUT2D eigenvalue weighted by Crippen LogP contribution is 2.16. The molecule has 0 bridgehead atoms. The van der Waals surface area contributed by atoms with Crippen molar-refractivity contribution in [3.63, 3.8) is 0 Å². The van der Waals surface area contributed by atoms with E-state index in [1.807, 2.05) is 19.1 Å². The van der Waals surface area contributed by atoms with Gasteiger partial charge in [0.15, 0.2) is 6.10 Å². The van der Waals surface area contributed by atoms with E-state index >= 15 is 0 Å². The van der Waals surface area contributed by atoms with E-state index in [-0.39, 0.29) is 6.54 Å². The Morgan fingerprint density at radius 2 is 1.71 bits per heavy atom. The Kier molecular flexibility index (Phi) is 7.56. The van der Waals surface area contributed by atoms with Crippen LogP contribution in [-0.2, 0) is 20.7 Å². The molecule has 0 aliphatic heterocycles. The Morgan fingerprint density at radius 3 is 2.36 bits per heavy atom. The number of hydrogen-bond donors (Lipinski definition) is 2. The van der Waals surface area contributed by atoms with Crippen molar-refractivity contribution in [3.8, 4) is 5.75 Å². The Bertz CT molecular complexity index is 833. The van der Waals surface area contributed by atoms with E-state index in [0.29, 0.717) is 17.0 Å². The van der Waals surface area contributed by atoms with E-state index in [2.05, 4.69) is 10.6 Å². The first-order chi connectivity index (χ1) is 13.4. The van der Waals surface area contributed by atoms with Crippen LogP contribution in [-0.4, -0.2) is 37.5 Å². The molecule has 0 heterocycles. The summed E-state index contributed by atoms with van der Waals surface area (Å²) in [5, 5.41) is 5.14. The van der Waals surface area contributed by atoms with Crippen molar-refractivity contribution in [1.82, 2.24) is 5.32 Å². The standard InChI is InChI=1S/C21H24N2O5/c1-4-15-9-11-16(12-10-15)23-20(25)14(2)28-19(24)13-22-21(26)17-7-5-6-8-18(17)27-3/h5-12,14H,4,13H2,1-3H3,(H,22,26)(H,23,25)/t14-/m1/s1. The molecule has 0 fully saturated rings. The average molecular weight is 384 g/mol. The maximum absolute atomic E-state index is 12.2. The maximum atomic E-state index is 12.2. The predicted molar refractivity (Wildman–Crippen MR) is 105 cm³/mol. The molecule has 2 rings (SSSR count). The zero-order chi connectivity index (χ0) is 20.5. The summed E-state index contributed by atoms with van der Waals surface area (Å²) in [6.45, 7) is 3.15. The summed E-state index contributed by atoms with van der Waals surface area (Å²) in [6.07, 6.45) is -0.0930. The molecule has 7 nitrogen and oxygen atoms in total. The molecule has 0 radical (unpaired) electrons. The van der Waals surface area contributed by atoms with Crippen LogP contribution in [0.2, 0.25) is 0 Å². The molecule has 7 heteroatoms. The Hall–Kier alpha value is -3.35. The van der Waals surface area contributed by atoms with Gasteiger partial charge in [0.2, 0.25) is 0 Å². The number of hydrogen-bond acceptors (Lipinski definition) is 5. The highest BCUT2D eigenvalue weighted by molar-refractivity contribution is 5.99. The van der Waals surface area contributed by atoms with Crippen molar-refractivity contribution in [2.45, 2.75) is 26.4 Å². The Labute approximate surface area is 164 Å². The number of carbonyl (C=O) groups is 3. The third-order valence-corrected chi connectivity index (χ3v) is 4.05. The molecular weight excluding hydrogens is 360 g/mol. The van der Waals surface area contributed by atoms with Gasteiger partial charge in [0, 0.05) is 5.69 Å². The average Bonchev–Trinajstić information content (AvgIpc) is 2.72. The van der Waals surface area contributed by atoms with Crippen LogP contribution in [0.4, 0.5) is 5.69 Å². The molecule has 0 spiro atoms. The smallest absolute Gasteiger partial charge is 0.326 e. The minimum absolute atomic E-state index is 0.305. The predicted octanol–water partition coefficient (Wildman–Crippen LogP) is 2.56. The fourth-order valence-electron chi connectivity index (χ4n) is 2.44. The van der Waals surface area contributed by atoms with E-state index in [1.54, 1.807) is 36.4 Å². The number of para-hydroxylation sites is 1. The quantitative estimate of drug-likeness (QED) is 0.682. The largest absolute Gasteiger partial charge is 0.496 e. The van der Waals surface area contributed by atoms with E-state index in [1.165, 1.54) is 14.0 Å². The molecule has 0 saturated carbocycles. The summed E-state index contributed by atoms with van der Waals surface area (Å²) in [4.78, 5) is 36.3. The summed E-state index contributed by atoms with van der Waals surface area (Å²) in [7, 11) is 1.45. The van der Waals surface area contributed by atoms with Gasteiger partial charge in [-0.3, -0.25) is 14.4 Å². The van der Waals surface area contributed by atoms with Crippen LogP contribution in [0.25, 0.3) is 0 Å². The van der Waals surface area contributed by atoms with Gasteiger partial charge in [0.1, 0.15) is 12.3 Å². The van der Waals surface area contributed by atoms with Crippen LogP contribution in [0.1, 0.15) is 29.8 Å². The normalized spacial score (nSPS) is 11.2. The SMILES string of the molecule is CCc1ccc(NC(=O)[C@@H](C)OC(=O)CNC(=O)c2ccccc2OC)cc1. The summed E-state index contributed by atoms with van der Waals surface area (Å²) in [5.74, 6) is -1.24. The third-order valence-electron chi connectivity index (χ3n) is 4.05. The first kappa shape index (κ1) is 21.0. The number of anilines is 1. The molecule has 1 atom stereocenters. The third kappa shape index (κ3) is 5.84. The Morgan fingerprint density at radius 1 is 1.04 bits per heavy atom. The molecule has 2 aromatic carbocycles. The highest BCUT2D eigenvalue weighted by Gasteiger charge is 2.19. The number of benzene rings is 2. The minimum atomic E-state index is -0.999. The molecule has 2 aromatic rings. The van der Waals surface area contributed by atoms with Gasteiger partial charge in [0.25, 0.3) is 11.8 Å². The fourth-order valence-corrected chi connectivity index (χ4v) is 2.44. The van der Waals surface area contributed by atoms with Gasteiger partial charge in [-0.25, -0.2) is 0 Å². The topological polar surface area (TPSA) is 93.7 Å². The van der Waals surface area contributed by atoms with E-state index in [0.717, 1.165) is 12.0 Å². The van der Waals surface area contributed by atoms with Crippen molar-refractivity contribution < 1.29 is 23.9 Å². The minimum Gasteiger partial charge on any atom is -0.496 e. The fraction of sp³-hybridized carbons (Fsp3) is 0.286. The molecule has 0 aliphatic rings. The summed E-state index contributed by atoms with van der Waals surface area (Å²) in [6, 6.07) is 14.1. The molecule has 0 saturated heterocycles. The molecule has 0 unspecified atom stereocenters. The number of esters is 1. The molecule has 148 valence electrons. The lowest BCUT2D eigenvalue weighted by atomic mass is 10.1. The molecule has 28 heavy (non-hydrogen) atoms. The Balaban J connectivity index is 1.82. The second kappa shape index (κ2) is 10.1. The van der Waals surface area contributed by atoms with Crippen molar-refractivity contribution in [2.75, 3.05) is 19.0 Å². The molecule has 0 aliphatic carbocycles. The maximum Gasteiger partial charge on any atom is 0.326 e. The highest BCUT2D eigenvalue weighted by atomic mass is 16.5. The van der Waals surface area contributed by atoms with E-state index < -0.39 is 23.9 Å². The van der Waals surface area contributed by atoms with Crippen LogP contribution in [0.3, 0.4) is 0 Å². The monoisotopic (exact) mass is 384 g/mol. The number of aryl methyl sites for hydroxylation is 1. The lowest BCUT2D eigenvalue weighted by molar-refractivity contribution is -0.152. The van der Waals surface area contributed by atoms with Gasteiger partial charge >= 0.3 is 5.97 Å². The van der Waals surface area contributed by atoms with Crippen molar-refractivity contribution in [2.24, 2.45) is 0 Å². The molecule has 2 amide bonds. The molecule has 0 aromatic heterocycles. The van der Waals surface area contributed by atoms with Crippen LogP contribution < -0.4 is 15.4 Å². The summed E-state index contributed by atoms with van der Waals surface area (Å²) in [5.41, 5.74) is 2.08. The number of amides is 2. The van der Waals surface area contributed by atoms with Crippen LogP contribution in [0, 0.1) is 0 Å². The zero-order valence-corrected chi connectivity index (χ0v) is 16.2. The second-order valence-electron chi connectivity index (χ2n) is 6.05. The van der Waals surface area contributed by atoms with Crippen molar-refractivity contribution in [1.29, 1.82) is 0 Å². The lowest BCUT2D eigenvalue weighted by Crippen LogP contribution is -2.35. The van der Waals surface area contributed by atoms with Crippen LogP contribution in [0.15, 0.2) is 48.5 Å². The number of nitrogens with one attached hydrogen (secondary N) is 2. The summed E-state index contributed by atoms with van der Waals surface area (Å²) < 4.78 is 10.2. The lowest BCUT2D eigenvalue weighted by Gasteiger charge is -2.14. The molecular formula is C21H24N2O5. The van der Waals surface area contributed by atoms with Gasteiger partial charge < -0.3 is 20.1 Å². The first-order valence-corrected chi connectivity index (χ1v) is 8.95.